The molecule has 1 saturated heterocycles. The van der Waals surface area contributed by atoms with Crippen molar-refractivity contribution in [2.45, 2.75) is 18.9 Å². The predicted octanol–water partition coefficient (Wildman–Crippen LogP) is 0.464. The first-order chi connectivity index (χ1) is 8.20. The van der Waals surface area contributed by atoms with Crippen LogP contribution >= 0.6 is 0 Å². The molecule has 1 amide bonds. The summed E-state index contributed by atoms with van der Waals surface area (Å²) in [5.74, 6) is -0.0753. The highest BCUT2D eigenvalue weighted by molar-refractivity contribution is 5.93. The van der Waals surface area contributed by atoms with Crippen LogP contribution in [0.1, 0.15) is 23.2 Å². The number of likely N-dealkylation sites (tertiary alicyclic amines) is 1. The molecule has 1 aromatic rings. The van der Waals surface area contributed by atoms with Crippen LogP contribution in [0.2, 0.25) is 0 Å². The third-order valence-corrected chi connectivity index (χ3v) is 3.06. The molecule has 17 heavy (non-hydrogen) atoms. The Morgan fingerprint density at radius 1 is 1.53 bits per heavy atom. The normalized spacial score (nSPS) is 20.3. The van der Waals surface area contributed by atoms with Crippen molar-refractivity contribution < 1.29 is 9.21 Å². The maximum atomic E-state index is 12.1. The van der Waals surface area contributed by atoms with E-state index < -0.39 is 5.63 Å². The Kier molecular flexibility index (Phi) is 3.58. The van der Waals surface area contributed by atoms with Gasteiger partial charge in [0.15, 0.2) is 0 Å². The highest BCUT2D eigenvalue weighted by Crippen LogP contribution is 2.13. The molecule has 1 unspecified atom stereocenters. The van der Waals surface area contributed by atoms with Crippen molar-refractivity contribution >= 4 is 5.91 Å². The third-order valence-electron chi connectivity index (χ3n) is 3.06. The van der Waals surface area contributed by atoms with Crippen LogP contribution in [0.5, 0.6) is 0 Å². The fraction of sp³-hybridized carbons (Fsp3) is 0.500. The molecule has 1 aliphatic heterocycles. The SMILES string of the molecule is CNC1CCCN(C(=O)c2ccc(=O)oc2)C1. The Labute approximate surface area is 99.4 Å². The van der Waals surface area contributed by atoms with E-state index in [-0.39, 0.29) is 5.91 Å². The number of hydrogen-bond acceptors (Lipinski definition) is 4. The number of amides is 1. The minimum atomic E-state index is -0.437. The van der Waals surface area contributed by atoms with Crippen molar-refractivity contribution in [2.24, 2.45) is 0 Å². The van der Waals surface area contributed by atoms with E-state index in [9.17, 15) is 9.59 Å². The lowest BCUT2D eigenvalue weighted by molar-refractivity contribution is 0.0695. The van der Waals surface area contributed by atoms with E-state index in [2.05, 4.69) is 5.32 Å². The maximum absolute atomic E-state index is 12.1. The summed E-state index contributed by atoms with van der Waals surface area (Å²) in [6.07, 6.45) is 3.31. The molecule has 0 radical (unpaired) electrons. The number of likely N-dealkylation sites (N-methyl/N-ethyl adjacent to an activating group) is 1. The van der Waals surface area contributed by atoms with Crippen molar-refractivity contribution in [1.29, 1.82) is 0 Å². The van der Waals surface area contributed by atoms with Crippen LogP contribution in [-0.4, -0.2) is 37.0 Å². The van der Waals surface area contributed by atoms with Crippen molar-refractivity contribution in [3.63, 3.8) is 0 Å². The van der Waals surface area contributed by atoms with E-state index in [1.807, 2.05) is 7.05 Å². The van der Waals surface area contributed by atoms with Gasteiger partial charge in [-0.25, -0.2) is 4.79 Å². The molecule has 5 nitrogen and oxygen atoms in total. The molecule has 1 aromatic heterocycles. The van der Waals surface area contributed by atoms with Gasteiger partial charge >= 0.3 is 5.63 Å². The smallest absolute Gasteiger partial charge is 0.335 e. The summed E-state index contributed by atoms with van der Waals surface area (Å²) in [6, 6.07) is 3.13. The zero-order valence-corrected chi connectivity index (χ0v) is 9.81. The summed E-state index contributed by atoms with van der Waals surface area (Å²) in [5.41, 5.74) is -0.00495. The van der Waals surface area contributed by atoms with Gasteiger partial charge < -0.3 is 14.6 Å². The van der Waals surface area contributed by atoms with Gasteiger partial charge in [0.1, 0.15) is 6.26 Å². The van der Waals surface area contributed by atoms with Gasteiger partial charge in [-0.3, -0.25) is 4.79 Å². The van der Waals surface area contributed by atoms with E-state index in [0.29, 0.717) is 18.2 Å². The molecule has 0 saturated carbocycles. The summed E-state index contributed by atoms with van der Waals surface area (Å²) in [6.45, 7) is 1.46. The molecular formula is C12H16N2O3. The molecule has 5 heteroatoms. The van der Waals surface area contributed by atoms with Crippen molar-refractivity contribution in [3.8, 4) is 0 Å². The number of piperidine rings is 1. The minimum absolute atomic E-state index is 0.0753. The van der Waals surface area contributed by atoms with E-state index in [1.165, 1.54) is 18.4 Å². The molecule has 1 N–H and O–H groups in total. The van der Waals surface area contributed by atoms with Gasteiger partial charge in [0.2, 0.25) is 0 Å². The van der Waals surface area contributed by atoms with Crippen molar-refractivity contribution in [2.75, 3.05) is 20.1 Å². The zero-order valence-electron chi connectivity index (χ0n) is 9.81. The second-order valence-corrected chi connectivity index (χ2v) is 4.22. The van der Waals surface area contributed by atoms with E-state index in [0.717, 1.165) is 19.4 Å². The highest BCUT2D eigenvalue weighted by Gasteiger charge is 2.23. The highest BCUT2D eigenvalue weighted by atomic mass is 16.4. The number of carbonyl (C=O) groups is 1. The Hall–Kier alpha value is -1.62. The molecule has 1 fully saturated rings. The van der Waals surface area contributed by atoms with Crippen LogP contribution in [0.3, 0.4) is 0 Å². The lowest BCUT2D eigenvalue weighted by Gasteiger charge is -2.32. The number of hydrogen-bond donors (Lipinski definition) is 1. The second kappa shape index (κ2) is 5.14. The Balaban J connectivity index is 2.09. The van der Waals surface area contributed by atoms with Gasteiger partial charge in [-0.05, 0) is 26.0 Å². The number of nitrogens with zero attached hydrogens (tertiary/aromatic N) is 1. The molecule has 2 heterocycles. The van der Waals surface area contributed by atoms with Gasteiger partial charge in [-0.1, -0.05) is 0 Å². The largest absolute Gasteiger partial charge is 0.430 e. The Bertz CT molecular complexity index is 435. The first kappa shape index (κ1) is 11.9. The average Bonchev–Trinajstić information content (AvgIpc) is 2.39. The summed E-state index contributed by atoms with van der Waals surface area (Å²) in [4.78, 5) is 24.7. The summed E-state index contributed by atoms with van der Waals surface area (Å²) in [7, 11) is 1.90. The topological polar surface area (TPSA) is 62.6 Å². The molecule has 1 aliphatic rings. The fourth-order valence-electron chi connectivity index (χ4n) is 2.06. The molecule has 1 atom stereocenters. The van der Waals surface area contributed by atoms with E-state index in [4.69, 9.17) is 4.42 Å². The van der Waals surface area contributed by atoms with Crippen LogP contribution < -0.4 is 10.9 Å². The number of rotatable bonds is 2. The standard InChI is InChI=1S/C12H16N2O3/c1-13-10-3-2-6-14(7-10)12(16)9-4-5-11(15)17-8-9/h4-5,8,10,13H,2-3,6-7H2,1H3. The number of nitrogens with one attached hydrogen (secondary N) is 1. The molecule has 92 valence electrons. The van der Waals surface area contributed by atoms with Gasteiger partial charge in [-0.15, -0.1) is 0 Å². The maximum Gasteiger partial charge on any atom is 0.335 e. The van der Waals surface area contributed by atoms with Crippen LogP contribution in [0.15, 0.2) is 27.6 Å². The Morgan fingerprint density at radius 3 is 3.00 bits per heavy atom. The lowest BCUT2D eigenvalue weighted by Crippen LogP contribution is -2.46. The summed E-state index contributed by atoms with van der Waals surface area (Å²) >= 11 is 0. The minimum Gasteiger partial charge on any atom is -0.430 e. The monoisotopic (exact) mass is 236 g/mol. The van der Waals surface area contributed by atoms with Gasteiger partial charge in [0.05, 0.1) is 5.56 Å². The average molecular weight is 236 g/mol. The van der Waals surface area contributed by atoms with Crippen molar-refractivity contribution in [1.82, 2.24) is 10.2 Å². The first-order valence-electron chi connectivity index (χ1n) is 5.76. The van der Waals surface area contributed by atoms with Crippen LogP contribution in [0.25, 0.3) is 0 Å². The summed E-state index contributed by atoms with van der Waals surface area (Å²) in [5, 5.41) is 3.18. The Morgan fingerprint density at radius 2 is 2.35 bits per heavy atom. The molecule has 0 aliphatic carbocycles. The molecule has 0 spiro atoms. The van der Waals surface area contributed by atoms with Gasteiger partial charge in [0, 0.05) is 25.2 Å². The molecule has 0 aromatic carbocycles. The quantitative estimate of drug-likeness (QED) is 0.810. The van der Waals surface area contributed by atoms with Crippen LogP contribution in [0.4, 0.5) is 0 Å². The lowest BCUT2D eigenvalue weighted by atomic mass is 10.1. The molecule has 0 bridgehead atoms. The van der Waals surface area contributed by atoms with Crippen LogP contribution in [-0.2, 0) is 0 Å². The third kappa shape index (κ3) is 2.74. The molecular weight excluding hydrogens is 220 g/mol. The first-order valence-corrected chi connectivity index (χ1v) is 5.76. The van der Waals surface area contributed by atoms with E-state index >= 15 is 0 Å². The van der Waals surface area contributed by atoms with Crippen molar-refractivity contribution in [3.05, 3.63) is 34.4 Å². The predicted molar refractivity (Wildman–Crippen MR) is 63.0 cm³/mol. The fourth-order valence-corrected chi connectivity index (χ4v) is 2.06. The van der Waals surface area contributed by atoms with Gasteiger partial charge in [-0.2, -0.15) is 0 Å². The second-order valence-electron chi connectivity index (χ2n) is 4.22. The summed E-state index contributed by atoms with van der Waals surface area (Å²) < 4.78 is 4.70. The molecule has 2 rings (SSSR count). The van der Waals surface area contributed by atoms with E-state index in [1.54, 1.807) is 4.90 Å². The van der Waals surface area contributed by atoms with Crippen LogP contribution in [0, 0.1) is 0 Å². The zero-order chi connectivity index (χ0) is 12.3. The van der Waals surface area contributed by atoms with Gasteiger partial charge in [0.25, 0.3) is 5.91 Å². The number of carbonyl (C=O) groups excluding carboxylic acids is 1.